The standard InChI is InChI=1S/C11H22N2O4/c1-4-13-11(15)17-8-7-16-6-5-9(2)10(14)12-3/h9H,4-8H2,1-3H3,(H,12,14)(H,13,15). The molecule has 0 heterocycles. The van der Waals surface area contributed by atoms with Gasteiger partial charge < -0.3 is 20.1 Å². The van der Waals surface area contributed by atoms with E-state index in [4.69, 9.17) is 9.47 Å². The van der Waals surface area contributed by atoms with E-state index in [1.54, 1.807) is 7.05 Å². The van der Waals surface area contributed by atoms with Gasteiger partial charge in [-0.1, -0.05) is 6.92 Å². The van der Waals surface area contributed by atoms with Gasteiger partial charge in [0.1, 0.15) is 6.61 Å². The van der Waals surface area contributed by atoms with Crippen molar-refractivity contribution in [1.82, 2.24) is 10.6 Å². The van der Waals surface area contributed by atoms with Gasteiger partial charge >= 0.3 is 6.09 Å². The molecule has 100 valence electrons. The lowest BCUT2D eigenvalue weighted by atomic mass is 10.1. The molecule has 0 aromatic heterocycles. The lowest BCUT2D eigenvalue weighted by Crippen LogP contribution is -2.27. The maximum Gasteiger partial charge on any atom is 0.407 e. The molecule has 1 atom stereocenters. The number of hydrogen-bond acceptors (Lipinski definition) is 4. The molecule has 6 nitrogen and oxygen atoms in total. The van der Waals surface area contributed by atoms with Gasteiger partial charge in [0.15, 0.2) is 0 Å². The highest BCUT2D eigenvalue weighted by molar-refractivity contribution is 5.77. The molecule has 0 rings (SSSR count). The van der Waals surface area contributed by atoms with E-state index in [9.17, 15) is 9.59 Å². The third kappa shape index (κ3) is 8.50. The van der Waals surface area contributed by atoms with Crippen LogP contribution in [0.1, 0.15) is 20.3 Å². The molecule has 0 aromatic rings. The summed E-state index contributed by atoms with van der Waals surface area (Å²) in [5, 5.41) is 5.08. The Morgan fingerprint density at radius 3 is 2.53 bits per heavy atom. The maximum atomic E-state index is 11.1. The fourth-order valence-electron chi connectivity index (χ4n) is 1.13. The molecule has 0 bridgehead atoms. The molecule has 6 heteroatoms. The van der Waals surface area contributed by atoms with Crippen LogP contribution in [0.25, 0.3) is 0 Å². The van der Waals surface area contributed by atoms with Gasteiger partial charge in [-0.2, -0.15) is 0 Å². The number of rotatable bonds is 8. The number of nitrogens with one attached hydrogen (secondary N) is 2. The Bertz CT molecular complexity index is 234. The Morgan fingerprint density at radius 2 is 1.94 bits per heavy atom. The summed E-state index contributed by atoms with van der Waals surface area (Å²) in [6, 6.07) is 0. The van der Waals surface area contributed by atoms with Crippen LogP contribution in [-0.4, -0.2) is 45.4 Å². The average Bonchev–Trinajstić information content (AvgIpc) is 2.32. The van der Waals surface area contributed by atoms with Gasteiger partial charge in [-0.15, -0.1) is 0 Å². The van der Waals surface area contributed by atoms with Crippen molar-refractivity contribution < 1.29 is 19.1 Å². The number of alkyl carbamates (subject to hydrolysis) is 1. The minimum absolute atomic E-state index is 0.00664. The lowest BCUT2D eigenvalue weighted by Gasteiger charge is -2.10. The van der Waals surface area contributed by atoms with Crippen molar-refractivity contribution in [3.05, 3.63) is 0 Å². The van der Waals surface area contributed by atoms with Crippen molar-refractivity contribution in [3.8, 4) is 0 Å². The maximum absolute atomic E-state index is 11.1. The minimum atomic E-state index is -0.435. The molecular formula is C11H22N2O4. The van der Waals surface area contributed by atoms with E-state index in [0.29, 0.717) is 26.2 Å². The molecule has 17 heavy (non-hydrogen) atoms. The summed E-state index contributed by atoms with van der Waals surface area (Å²) in [4.78, 5) is 22.0. The quantitative estimate of drug-likeness (QED) is 0.612. The molecule has 0 fully saturated rings. The minimum Gasteiger partial charge on any atom is -0.447 e. The first-order chi connectivity index (χ1) is 8.11. The van der Waals surface area contributed by atoms with Gasteiger partial charge in [-0.25, -0.2) is 4.79 Å². The summed E-state index contributed by atoms with van der Waals surface area (Å²) in [5.74, 6) is -0.0588. The van der Waals surface area contributed by atoms with Gasteiger partial charge in [0.05, 0.1) is 6.61 Å². The van der Waals surface area contributed by atoms with Gasteiger partial charge in [0.25, 0.3) is 0 Å². The molecule has 0 saturated heterocycles. The molecule has 2 amide bonds. The number of hydrogen-bond donors (Lipinski definition) is 2. The predicted molar refractivity (Wildman–Crippen MR) is 63.7 cm³/mol. The van der Waals surface area contributed by atoms with Crippen LogP contribution < -0.4 is 10.6 Å². The van der Waals surface area contributed by atoms with E-state index in [0.717, 1.165) is 0 Å². The first kappa shape index (κ1) is 15.7. The van der Waals surface area contributed by atoms with Crippen LogP contribution in [0.15, 0.2) is 0 Å². The Hall–Kier alpha value is -1.30. The molecule has 0 aliphatic heterocycles. The molecule has 0 aliphatic rings. The van der Waals surface area contributed by atoms with Crippen LogP contribution in [0.4, 0.5) is 4.79 Å². The zero-order valence-electron chi connectivity index (χ0n) is 10.7. The topological polar surface area (TPSA) is 76.7 Å². The van der Waals surface area contributed by atoms with Gasteiger partial charge in [0, 0.05) is 26.1 Å². The highest BCUT2D eigenvalue weighted by Gasteiger charge is 2.09. The largest absolute Gasteiger partial charge is 0.447 e. The second-order valence-electron chi connectivity index (χ2n) is 3.58. The Labute approximate surface area is 102 Å². The Balaban J connectivity index is 3.35. The predicted octanol–water partition coefficient (Wildman–Crippen LogP) is 0.521. The van der Waals surface area contributed by atoms with Crippen LogP contribution >= 0.6 is 0 Å². The fourth-order valence-corrected chi connectivity index (χ4v) is 1.13. The zero-order chi connectivity index (χ0) is 13.1. The Morgan fingerprint density at radius 1 is 1.24 bits per heavy atom. The average molecular weight is 246 g/mol. The summed E-state index contributed by atoms with van der Waals surface area (Å²) in [5.41, 5.74) is 0. The van der Waals surface area contributed by atoms with Crippen molar-refractivity contribution in [1.29, 1.82) is 0 Å². The fraction of sp³-hybridized carbons (Fsp3) is 0.818. The first-order valence-corrected chi connectivity index (χ1v) is 5.81. The van der Waals surface area contributed by atoms with Crippen molar-refractivity contribution >= 4 is 12.0 Å². The smallest absolute Gasteiger partial charge is 0.407 e. The van der Waals surface area contributed by atoms with Crippen LogP contribution in [0.2, 0.25) is 0 Å². The molecule has 0 saturated carbocycles. The van der Waals surface area contributed by atoms with Crippen LogP contribution in [0.5, 0.6) is 0 Å². The highest BCUT2D eigenvalue weighted by Crippen LogP contribution is 2.01. The third-order valence-electron chi connectivity index (χ3n) is 2.17. The zero-order valence-corrected chi connectivity index (χ0v) is 10.7. The van der Waals surface area contributed by atoms with Crippen LogP contribution in [0, 0.1) is 5.92 Å². The van der Waals surface area contributed by atoms with Crippen LogP contribution in [0.3, 0.4) is 0 Å². The molecule has 0 spiro atoms. The molecular weight excluding hydrogens is 224 g/mol. The molecule has 1 unspecified atom stereocenters. The van der Waals surface area contributed by atoms with E-state index in [1.807, 2.05) is 13.8 Å². The molecule has 0 aliphatic carbocycles. The summed E-state index contributed by atoms with van der Waals surface area (Å²) < 4.78 is 10.0. The normalized spacial score (nSPS) is 11.7. The monoisotopic (exact) mass is 246 g/mol. The van der Waals surface area contributed by atoms with E-state index >= 15 is 0 Å². The van der Waals surface area contributed by atoms with Crippen LogP contribution in [-0.2, 0) is 14.3 Å². The van der Waals surface area contributed by atoms with Crippen molar-refractivity contribution in [2.24, 2.45) is 5.92 Å². The molecule has 2 N–H and O–H groups in total. The Kier molecular flexibility index (Phi) is 9.14. The summed E-state index contributed by atoms with van der Waals surface area (Å²) in [6.45, 7) is 5.25. The van der Waals surface area contributed by atoms with E-state index in [2.05, 4.69) is 10.6 Å². The first-order valence-electron chi connectivity index (χ1n) is 5.81. The lowest BCUT2D eigenvalue weighted by molar-refractivity contribution is -0.124. The van der Waals surface area contributed by atoms with Crippen molar-refractivity contribution in [2.45, 2.75) is 20.3 Å². The number of carbonyl (C=O) groups is 2. The molecule has 0 aromatic carbocycles. The number of amides is 2. The van der Waals surface area contributed by atoms with E-state index in [-0.39, 0.29) is 18.4 Å². The van der Waals surface area contributed by atoms with Gasteiger partial charge in [-0.05, 0) is 13.3 Å². The highest BCUT2D eigenvalue weighted by atomic mass is 16.6. The summed E-state index contributed by atoms with van der Waals surface area (Å²) in [7, 11) is 1.61. The SMILES string of the molecule is CCNC(=O)OCCOCCC(C)C(=O)NC. The van der Waals surface area contributed by atoms with E-state index in [1.165, 1.54) is 0 Å². The number of carbonyl (C=O) groups excluding carboxylic acids is 2. The van der Waals surface area contributed by atoms with Gasteiger partial charge in [0.2, 0.25) is 5.91 Å². The second-order valence-corrected chi connectivity index (χ2v) is 3.58. The summed E-state index contributed by atoms with van der Waals surface area (Å²) in [6.07, 6.45) is 0.218. The van der Waals surface area contributed by atoms with E-state index < -0.39 is 6.09 Å². The van der Waals surface area contributed by atoms with Crippen molar-refractivity contribution in [2.75, 3.05) is 33.4 Å². The second kappa shape index (κ2) is 9.89. The molecule has 0 radical (unpaired) electrons. The number of ether oxygens (including phenoxy) is 2. The van der Waals surface area contributed by atoms with Crippen molar-refractivity contribution in [3.63, 3.8) is 0 Å². The summed E-state index contributed by atoms with van der Waals surface area (Å²) >= 11 is 0. The third-order valence-corrected chi connectivity index (χ3v) is 2.17. The van der Waals surface area contributed by atoms with Gasteiger partial charge in [-0.3, -0.25) is 4.79 Å².